The third-order valence-electron chi connectivity index (χ3n) is 7.33. The summed E-state index contributed by atoms with van der Waals surface area (Å²) in [6, 6.07) is 7.62. The molecule has 9 heteroatoms. The molecule has 0 radical (unpaired) electrons. The van der Waals surface area contributed by atoms with Gasteiger partial charge in [-0.05, 0) is 57.4 Å². The van der Waals surface area contributed by atoms with Crippen molar-refractivity contribution >= 4 is 35.1 Å². The van der Waals surface area contributed by atoms with Gasteiger partial charge in [-0.2, -0.15) is 0 Å². The third kappa shape index (κ3) is 11.5. The van der Waals surface area contributed by atoms with Gasteiger partial charge in [0.2, 0.25) is 11.7 Å². The molecule has 1 aromatic carbocycles. The Morgan fingerprint density at radius 3 is 2.26 bits per heavy atom. The number of benzene rings is 1. The molecule has 2 rings (SSSR count). The van der Waals surface area contributed by atoms with Crippen molar-refractivity contribution in [3.05, 3.63) is 48.6 Å². The van der Waals surface area contributed by atoms with Crippen LogP contribution in [-0.4, -0.2) is 64.3 Å². The summed E-state index contributed by atoms with van der Waals surface area (Å²) in [5.41, 5.74) is -0.516. The zero-order valence-electron chi connectivity index (χ0n) is 26.6. The van der Waals surface area contributed by atoms with E-state index < -0.39 is 52.6 Å². The minimum Gasteiger partial charge on any atom is -0.444 e. The fourth-order valence-electron chi connectivity index (χ4n) is 5.18. The second-order valence-corrected chi connectivity index (χ2v) is 13.4. The van der Waals surface area contributed by atoms with Crippen LogP contribution in [0.2, 0.25) is 0 Å². The van der Waals surface area contributed by atoms with Gasteiger partial charge in [-0.1, -0.05) is 57.2 Å². The van der Waals surface area contributed by atoms with E-state index in [1.165, 1.54) is 11.0 Å². The Labute approximate surface area is 255 Å². The lowest BCUT2D eigenvalue weighted by Gasteiger charge is -2.36. The molecule has 2 amide bonds. The number of carbonyl (C=O) groups is 6. The van der Waals surface area contributed by atoms with Gasteiger partial charge in [-0.25, -0.2) is 4.79 Å². The van der Waals surface area contributed by atoms with Gasteiger partial charge < -0.3 is 15.0 Å². The number of hydrogen-bond acceptors (Lipinski definition) is 7. The summed E-state index contributed by atoms with van der Waals surface area (Å²) in [6.45, 7) is 14.7. The number of amides is 2. The number of carbonyl (C=O) groups excluding carboxylic acids is 6. The molecule has 0 saturated carbocycles. The summed E-state index contributed by atoms with van der Waals surface area (Å²) in [4.78, 5) is 79.3. The summed E-state index contributed by atoms with van der Waals surface area (Å²) >= 11 is 0. The van der Waals surface area contributed by atoms with Crippen LogP contribution in [0.3, 0.4) is 0 Å². The minimum atomic E-state index is -0.937. The topological polar surface area (TPSA) is 127 Å². The van der Waals surface area contributed by atoms with Crippen LogP contribution in [0, 0.1) is 11.3 Å². The van der Waals surface area contributed by atoms with E-state index >= 15 is 0 Å². The number of ether oxygens (including phenoxy) is 1. The van der Waals surface area contributed by atoms with Gasteiger partial charge in [0.1, 0.15) is 17.4 Å². The Morgan fingerprint density at radius 2 is 1.67 bits per heavy atom. The first-order valence-electron chi connectivity index (χ1n) is 15.1. The van der Waals surface area contributed by atoms with Crippen molar-refractivity contribution in [2.75, 3.05) is 6.54 Å². The maximum absolute atomic E-state index is 13.7. The second-order valence-electron chi connectivity index (χ2n) is 13.4. The highest BCUT2D eigenvalue weighted by molar-refractivity contribution is 6.38. The molecule has 0 bridgehead atoms. The van der Waals surface area contributed by atoms with E-state index in [4.69, 9.17) is 4.74 Å². The number of allylic oxidation sites excluding steroid dienone is 1. The van der Waals surface area contributed by atoms with Crippen LogP contribution in [-0.2, 0) is 35.1 Å². The number of nitrogens with one attached hydrogen (secondary N) is 1. The van der Waals surface area contributed by atoms with Crippen molar-refractivity contribution in [3.63, 3.8) is 0 Å². The maximum Gasteiger partial charge on any atom is 0.408 e. The number of likely N-dealkylation sites (tertiary alicyclic amines) is 1. The fourth-order valence-corrected chi connectivity index (χ4v) is 5.18. The van der Waals surface area contributed by atoms with Crippen molar-refractivity contribution in [2.24, 2.45) is 11.3 Å². The molecule has 0 spiro atoms. The van der Waals surface area contributed by atoms with Crippen molar-refractivity contribution in [3.8, 4) is 0 Å². The summed E-state index contributed by atoms with van der Waals surface area (Å²) < 4.78 is 5.36. The first kappa shape index (κ1) is 35.6. The van der Waals surface area contributed by atoms with Gasteiger partial charge in [-0.15, -0.1) is 6.58 Å². The van der Waals surface area contributed by atoms with Gasteiger partial charge in [0, 0.05) is 38.1 Å². The van der Waals surface area contributed by atoms with E-state index in [1.807, 2.05) is 51.1 Å². The zero-order valence-corrected chi connectivity index (χ0v) is 26.6. The molecule has 3 atom stereocenters. The summed E-state index contributed by atoms with van der Waals surface area (Å²) in [7, 11) is 0. The largest absolute Gasteiger partial charge is 0.444 e. The number of rotatable bonds is 15. The third-order valence-corrected chi connectivity index (χ3v) is 7.33. The molecule has 9 nitrogen and oxygen atoms in total. The maximum atomic E-state index is 13.7. The van der Waals surface area contributed by atoms with Crippen LogP contribution >= 0.6 is 0 Å². The molecule has 0 aromatic heterocycles. The predicted octanol–water partition coefficient (Wildman–Crippen LogP) is 5.19. The lowest BCUT2D eigenvalue weighted by Crippen LogP contribution is -2.57. The van der Waals surface area contributed by atoms with Crippen LogP contribution in [0.4, 0.5) is 4.79 Å². The van der Waals surface area contributed by atoms with Crippen molar-refractivity contribution in [2.45, 2.75) is 111 Å². The first-order valence-corrected chi connectivity index (χ1v) is 15.1. The fraction of sp³-hybridized carbons (Fsp3) is 0.588. The van der Waals surface area contributed by atoms with Gasteiger partial charge in [0.05, 0.1) is 6.04 Å². The van der Waals surface area contributed by atoms with Crippen molar-refractivity contribution in [1.82, 2.24) is 10.2 Å². The van der Waals surface area contributed by atoms with E-state index in [2.05, 4.69) is 11.9 Å². The summed E-state index contributed by atoms with van der Waals surface area (Å²) in [5, 5.41) is 2.69. The molecule has 236 valence electrons. The number of hydrogen-bond donors (Lipinski definition) is 1. The smallest absolute Gasteiger partial charge is 0.408 e. The number of alkyl carbamates (subject to hydrolysis) is 1. The van der Waals surface area contributed by atoms with Crippen LogP contribution in [0.5, 0.6) is 0 Å². The van der Waals surface area contributed by atoms with Crippen LogP contribution in [0.15, 0.2) is 43.0 Å². The first-order chi connectivity index (χ1) is 20.0. The van der Waals surface area contributed by atoms with Crippen LogP contribution in [0.25, 0.3) is 0 Å². The lowest BCUT2D eigenvalue weighted by molar-refractivity contribution is -0.143. The predicted molar refractivity (Wildman–Crippen MR) is 164 cm³/mol. The molecule has 1 N–H and O–H groups in total. The Hall–Kier alpha value is -3.62. The van der Waals surface area contributed by atoms with E-state index in [-0.39, 0.29) is 50.1 Å². The van der Waals surface area contributed by atoms with E-state index in [1.54, 1.807) is 20.8 Å². The quantitative estimate of drug-likeness (QED) is 0.218. The monoisotopic (exact) mass is 596 g/mol. The molecule has 1 aliphatic rings. The van der Waals surface area contributed by atoms with Gasteiger partial charge in [-0.3, -0.25) is 24.0 Å². The minimum absolute atomic E-state index is 0.00928. The molecule has 43 heavy (non-hydrogen) atoms. The highest BCUT2D eigenvalue weighted by Crippen LogP contribution is 2.28. The van der Waals surface area contributed by atoms with Gasteiger partial charge >= 0.3 is 6.09 Å². The Balaban J connectivity index is 2.02. The summed E-state index contributed by atoms with van der Waals surface area (Å²) in [6.07, 6.45) is 2.41. The standard InChI is InChI=1S/C34H48N2O7/c1-8-14-24(29(40)27(38)19-12-17-25(37)21-23-15-10-9-11-16-23)22-28(39)26-18-13-20-36(26)31(41)30(33(2,3)4)35-32(42)43-34(5,6)7/h8-11,15-16,24,26,30H,1,12-14,17-22H2,2-7H3,(H,35,42)/t24?,26-,30+/m0/s1. The zero-order chi connectivity index (χ0) is 32.4. The average molecular weight is 597 g/mol. The molecule has 0 aliphatic carbocycles. The van der Waals surface area contributed by atoms with Crippen molar-refractivity contribution in [1.29, 1.82) is 0 Å². The second kappa shape index (κ2) is 15.7. The van der Waals surface area contributed by atoms with Gasteiger partial charge in [0.15, 0.2) is 11.6 Å². The highest BCUT2D eigenvalue weighted by atomic mass is 16.6. The van der Waals surface area contributed by atoms with Crippen molar-refractivity contribution < 1.29 is 33.5 Å². The number of nitrogens with zero attached hydrogens (tertiary/aromatic N) is 1. The Bertz CT molecular complexity index is 1180. The molecule has 1 heterocycles. The molecule has 1 saturated heterocycles. The Kier molecular flexibility index (Phi) is 13.0. The van der Waals surface area contributed by atoms with Gasteiger partial charge in [0.25, 0.3) is 0 Å². The number of ketones is 4. The molecular formula is C34H48N2O7. The highest BCUT2D eigenvalue weighted by Gasteiger charge is 2.43. The normalized spacial score (nSPS) is 16.6. The average Bonchev–Trinajstić information content (AvgIpc) is 3.40. The Morgan fingerprint density at radius 1 is 1.02 bits per heavy atom. The lowest BCUT2D eigenvalue weighted by atomic mass is 9.85. The van der Waals surface area contributed by atoms with E-state index in [0.717, 1.165) is 5.56 Å². The molecular weight excluding hydrogens is 548 g/mol. The molecule has 1 unspecified atom stereocenters. The number of Topliss-reactive ketones (excluding diaryl/α,β-unsaturated/α-hetero) is 4. The van der Waals surface area contributed by atoms with Crippen LogP contribution < -0.4 is 5.32 Å². The van der Waals surface area contributed by atoms with E-state index in [0.29, 0.717) is 19.4 Å². The molecule has 1 aromatic rings. The SMILES string of the molecule is C=CCC(CC(=O)[C@@H]1CCCN1C(=O)[C@@H](NC(=O)OC(C)(C)C)C(C)(C)C)C(=O)C(=O)CCCC(=O)Cc1ccccc1. The summed E-state index contributed by atoms with van der Waals surface area (Å²) in [5.74, 6) is -2.85. The van der Waals surface area contributed by atoms with Crippen LogP contribution in [0.1, 0.15) is 92.1 Å². The van der Waals surface area contributed by atoms with E-state index in [9.17, 15) is 28.8 Å². The molecule has 1 aliphatic heterocycles. The molecule has 1 fully saturated rings.